The second kappa shape index (κ2) is 5.02. The molecule has 0 saturated carbocycles. The molecule has 0 unspecified atom stereocenters. The Labute approximate surface area is 99.8 Å². The normalized spacial score (nSPS) is 18.3. The van der Waals surface area contributed by atoms with Gasteiger partial charge < -0.3 is 15.0 Å². The van der Waals surface area contributed by atoms with Crippen LogP contribution in [0.15, 0.2) is 18.5 Å². The summed E-state index contributed by atoms with van der Waals surface area (Å²) in [4.78, 5) is 15.0. The number of aromatic nitrogens is 1. The van der Waals surface area contributed by atoms with Crippen LogP contribution in [0.1, 0.15) is 18.4 Å². The molecule has 0 aromatic carbocycles. The number of carbonyl (C=O) groups excluding carboxylic acids is 1. The van der Waals surface area contributed by atoms with E-state index in [-0.39, 0.29) is 5.91 Å². The fourth-order valence-electron chi connectivity index (χ4n) is 1.93. The van der Waals surface area contributed by atoms with Gasteiger partial charge in [-0.25, -0.2) is 0 Å². The van der Waals surface area contributed by atoms with Gasteiger partial charge in [0.25, 0.3) is 0 Å². The van der Waals surface area contributed by atoms with Gasteiger partial charge in [0.1, 0.15) is 5.41 Å². The largest absolute Gasteiger partial charge is 0.381 e. The molecule has 2 heterocycles. The van der Waals surface area contributed by atoms with Crippen LogP contribution in [-0.4, -0.2) is 24.1 Å². The average Bonchev–Trinajstić information content (AvgIpc) is 2.90. The zero-order valence-corrected chi connectivity index (χ0v) is 9.53. The highest BCUT2D eigenvalue weighted by atomic mass is 16.5. The van der Waals surface area contributed by atoms with Crippen LogP contribution in [0.25, 0.3) is 0 Å². The summed E-state index contributed by atoms with van der Waals surface area (Å²) in [5.74, 6) is -0.190. The number of hydrogen-bond acceptors (Lipinski definition) is 3. The fourth-order valence-corrected chi connectivity index (χ4v) is 1.93. The Bertz CT molecular complexity index is 413. The second-order valence-electron chi connectivity index (χ2n) is 4.21. The number of H-pyrrole nitrogens is 1. The molecule has 5 nitrogen and oxygen atoms in total. The van der Waals surface area contributed by atoms with Crippen molar-refractivity contribution < 1.29 is 9.53 Å². The molecule has 2 N–H and O–H groups in total. The van der Waals surface area contributed by atoms with E-state index < -0.39 is 5.41 Å². The Kier molecular flexibility index (Phi) is 3.45. The van der Waals surface area contributed by atoms with Crippen LogP contribution >= 0.6 is 0 Å². The van der Waals surface area contributed by atoms with Crippen LogP contribution in [-0.2, 0) is 16.1 Å². The van der Waals surface area contributed by atoms with Gasteiger partial charge in [0.2, 0.25) is 5.91 Å². The van der Waals surface area contributed by atoms with E-state index >= 15 is 0 Å². The first-order valence-corrected chi connectivity index (χ1v) is 5.66. The van der Waals surface area contributed by atoms with E-state index in [1.54, 1.807) is 6.20 Å². The zero-order valence-electron chi connectivity index (χ0n) is 9.53. The van der Waals surface area contributed by atoms with E-state index in [4.69, 9.17) is 4.74 Å². The summed E-state index contributed by atoms with van der Waals surface area (Å²) < 4.78 is 5.19. The van der Waals surface area contributed by atoms with E-state index in [1.807, 2.05) is 12.3 Å². The average molecular weight is 233 g/mol. The second-order valence-corrected chi connectivity index (χ2v) is 4.21. The van der Waals surface area contributed by atoms with Crippen LogP contribution in [0, 0.1) is 16.7 Å². The molecule has 0 spiro atoms. The van der Waals surface area contributed by atoms with Crippen molar-refractivity contribution in [2.45, 2.75) is 19.4 Å². The Hall–Kier alpha value is -1.80. The Morgan fingerprint density at radius 1 is 1.59 bits per heavy atom. The van der Waals surface area contributed by atoms with Gasteiger partial charge in [-0.3, -0.25) is 4.79 Å². The van der Waals surface area contributed by atoms with Crippen molar-refractivity contribution >= 4 is 5.91 Å². The predicted molar refractivity (Wildman–Crippen MR) is 60.7 cm³/mol. The minimum Gasteiger partial charge on any atom is -0.381 e. The maximum atomic E-state index is 12.0. The molecule has 1 saturated heterocycles. The number of amides is 1. The number of nitrogens with zero attached hydrogens (tertiary/aromatic N) is 1. The number of aromatic amines is 1. The van der Waals surface area contributed by atoms with E-state index in [0.29, 0.717) is 32.6 Å². The van der Waals surface area contributed by atoms with Gasteiger partial charge in [-0.1, -0.05) is 0 Å². The monoisotopic (exact) mass is 233 g/mol. The third kappa shape index (κ3) is 2.48. The molecule has 0 aliphatic carbocycles. The molecule has 0 atom stereocenters. The first-order chi connectivity index (χ1) is 8.27. The molecule has 5 heteroatoms. The summed E-state index contributed by atoms with van der Waals surface area (Å²) in [5, 5.41) is 12.0. The minimum absolute atomic E-state index is 0.190. The molecule has 1 aliphatic heterocycles. The lowest BCUT2D eigenvalue weighted by molar-refractivity contribution is -0.132. The molecule has 1 aromatic heterocycles. The lowest BCUT2D eigenvalue weighted by Gasteiger charge is -2.29. The van der Waals surface area contributed by atoms with E-state index in [1.165, 1.54) is 0 Å². The molecule has 2 rings (SSSR count). The lowest BCUT2D eigenvalue weighted by atomic mass is 9.81. The molecule has 0 radical (unpaired) electrons. The minimum atomic E-state index is -0.908. The molecular weight excluding hydrogens is 218 g/mol. The summed E-state index contributed by atoms with van der Waals surface area (Å²) in [6.45, 7) is 1.41. The lowest BCUT2D eigenvalue weighted by Crippen LogP contribution is -2.43. The highest BCUT2D eigenvalue weighted by Crippen LogP contribution is 2.29. The third-order valence-corrected chi connectivity index (χ3v) is 3.11. The molecule has 1 fully saturated rings. The van der Waals surface area contributed by atoms with E-state index in [2.05, 4.69) is 16.4 Å². The van der Waals surface area contributed by atoms with Gasteiger partial charge in [-0.05, 0) is 24.5 Å². The number of nitrogens with one attached hydrogen (secondary N) is 2. The van der Waals surface area contributed by atoms with Crippen molar-refractivity contribution in [1.82, 2.24) is 10.3 Å². The molecule has 1 aromatic rings. The van der Waals surface area contributed by atoms with E-state index in [9.17, 15) is 10.1 Å². The SMILES string of the molecule is N#CC1(C(=O)NCc2cc[nH]c2)CCOCC1. The number of hydrogen-bond donors (Lipinski definition) is 2. The summed E-state index contributed by atoms with van der Waals surface area (Å²) in [7, 11) is 0. The van der Waals surface area contributed by atoms with E-state index in [0.717, 1.165) is 5.56 Å². The predicted octanol–water partition coefficient (Wildman–Crippen LogP) is 0.951. The van der Waals surface area contributed by atoms with Gasteiger partial charge in [0.05, 0.1) is 6.07 Å². The summed E-state index contributed by atoms with van der Waals surface area (Å²) in [5.41, 5.74) is 0.0904. The van der Waals surface area contributed by atoms with Gasteiger partial charge in [0, 0.05) is 32.2 Å². The van der Waals surface area contributed by atoms with Gasteiger partial charge in [-0.2, -0.15) is 5.26 Å². The maximum Gasteiger partial charge on any atom is 0.240 e. The quantitative estimate of drug-likeness (QED) is 0.816. The summed E-state index contributed by atoms with van der Waals surface area (Å²) >= 11 is 0. The molecule has 1 aliphatic rings. The standard InChI is InChI=1S/C12H15N3O2/c13-9-12(2-5-17-6-3-12)11(16)15-8-10-1-4-14-7-10/h1,4,7,14H,2-3,5-6,8H2,(H,15,16). The molecular formula is C12H15N3O2. The first-order valence-electron chi connectivity index (χ1n) is 5.66. The van der Waals surface area contributed by atoms with Gasteiger partial charge in [-0.15, -0.1) is 0 Å². The van der Waals surface area contributed by atoms with Crippen LogP contribution in [0.4, 0.5) is 0 Å². The fraction of sp³-hybridized carbons (Fsp3) is 0.500. The molecule has 1 amide bonds. The highest BCUT2D eigenvalue weighted by molar-refractivity contribution is 5.85. The highest BCUT2D eigenvalue weighted by Gasteiger charge is 2.40. The van der Waals surface area contributed by atoms with Gasteiger partial charge >= 0.3 is 0 Å². The number of nitriles is 1. The van der Waals surface area contributed by atoms with Crippen molar-refractivity contribution in [2.24, 2.45) is 5.41 Å². The summed E-state index contributed by atoms with van der Waals surface area (Å²) in [6.07, 6.45) is 4.57. The first kappa shape index (κ1) is 11.7. The third-order valence-electron chi connectivity index (χ3n) is 3.11. The number of rotatable bonds is 3. The smallest absolute Gasteiger partial charge is 0.240 e. The van der Waals surface area contributed by atoms with Crippen LogP contribution in [0.5, 0.6) is 0 Å². The Morgan fingerprint density at radius 2 is 2.35 bits per heavy atom. The van der Waals surface area contributed by atoms with Crippen molar-refractivity contribution in [2.75, 3.05) is 13.2 Å². The van der Waals surface area contributed by atoms with Crippen LogP contribution in [0.2, 0.25) is 0 Å². The number of carbonyl (C=O) groups is 1. The number of ether oxygens (including phenoxy) is 1. The molecule has 17 heavy (non-hydrogen) atoms. The van der Waals surface area contributed by atoms with Crippen molar-refractivity contribution in [3.63, 3.8) is 0 Å². The van der Waals surface area contributed by atoms with Crippen molar-refractivity contribution in [3.8, 4) is 6.07 Å². The Morgan fingerprint density at radius 3 is 2.94 bits per heavy atom. The van der Waals surface area contributed by atoms with Crippen molar-refractivity contribution in [1.29, 1.82) is 5.26 Å². The zero-order chi connectivity index (χ0) is 12.1. The Balaban J connectivity index is 1.96. The van der Waals surface area contributed by atoms with Gasteiger partial charge in [0.15, 0.2) is 0 Å². The maximum absolute atomic E-state index is 12.0. The topological polar surface area (TPSA) is 77.9 Å². The van der Waals surface area contributed by atoms with Crippen LogP contribution in [0.3, 0.4) is 0 Å². The molecule has 90 valence electrons. The van der Waals surface area contributed by atoms with Crippen LogP contribution < -0.4 is 5.32 Å². The van der Waals surface area contributed by atoms with Crippen molar-refractivity contribution in [3.05, 3.63) is 24.0 Å². The summed E-state index contributed by atoms with van der Waals surface area (Å²) in [6, 6.07) is 4.04. The molecule has 0 bridgehead atoms.